The number of benzene rings is 1. The predicted molar refractivity (Wildman–Crippen MR) is 106 cm³/mol. The van der Waals surface area contributed by atoms with E-state index >= 15 is 0 Å². The Bertz CT molecular complexity index is 980. The summed E-state index contributed by atoms with van der Waals surface area (Å²) in [5.74, 6) is -0.892. The zero-order chi connectivity index (χ0) is 20.1. The van der Waals surface area contributed by atoms with Gasteiger partial charge in [0.15, 0.2) is 6.61 Å². The average molecular weight is 377 g/mol. The van der Waals surface area contributed by atoms with Crippen molar-refractivity contribution in [2.75, 3.05) is 13.7 Å². The molecule has 3 aromatic rings. The molecule has 0 radical (unpaired) electrons. The molecule has 0 spiro atoms. The molecule has 0 saturated heterocycles. The summed E-state index contributed by atoms with van der Waals surface area (Å²) in [5.41, 5.74) is 4.33. The highest BCUT2D eigenvalue weighted by atomic mass is 16.5. The van der Waals surface area contributed by atoms with Crippen LogP contribution >= 0.6 is 0 Å². The van der Waals surface area contributed by atoms with Crippen LogP contribution < -0.4 is 0 Å². The summed E-state index contributed by atoms with van der Waals surface area (Å²) < 4.78 is 7.03. The lowest BCUT2D eigenvalue weighted by Gasteiger charge is -2.18. The fourth-order valence-corrected chi connectivity index (χ4v) is 2.88. The second kappa shape index (κ2) is 8.52. The molecular formula is C22H23N3O3. The third-order valence-electron chi connectivity index (χ3n) is 4.51. The SMILES string of the molecule is Cc1ccc(CN(C)C(=O)COC(=O)c2cc(-n3cccc3)ccn2)c(C)c1. The zero-order valence-corrected chi connectivity index (χ0v) is 16.3. The Balaban J connectivity index is 1.58. The Kier molecular flexibility index (Phi) is 5.89. The minimum absolute atomic E-state index is 0.163. The third-order valence-corrected chi connectivity index (χ3v) is 4.51. The lowest BCUT2D eigenvalue weighted by molar-refractivity contribution is -0.133. The van der Waals surface area contributed by atoms with Crippen LogP contribution in [0.25, 0.3) is 5.69 Å². The summed E-state index contributed by atoms with van der Waals surface area (Å²) in [6.45, 7) is 4.19. The molecule has 144 valence electrons. The van der Waals surface area contributed by atoms with Crippen molar-refractivity contribution < 1.29 is 14.3 Å². The maximum Gasteiger partial charge on any atom is 0.357 e. The van der Waals surface area contributed by atoms with Crippen molar-refractivity contribution in [3.63, 3.8) is 0 Å². The molecule has 0 bridgehead atoms. The van der Waals surface area contributed by atoms with Gasteiger partial charge in [-0.25, -0.2) is 9.78 Å². The van der Waals surface area contributed by atoms with E-state index in [0.29, 0.717) is 6.54 Å². The van der Waals surface area contributed by atoms with Gasteiger partial charge in [0.25, 0.3) is 5.91 Å². The maximum absolute atomic E-state index is 12.3. The second-order valence-corrected chi connectivity index (χ2v) is 6.75. The van der Waals surface area contributed by atoms with Gasteiger partial charge in [-0.05, 0) is 49.2 Å². The number of carbonyl (C=O) groups is 2. The quantitative estimate of drug-likeness (QED) is 0.618. The number of rotatable bonds is 6. The minimum Gasteiger partial charge on any atom is -0.451 e. The lowest BCUT2D eigenvalue weighted by atomic mass is 10.1. The predicted octanol–water partition coefficient (Wildman–Crippen LogP) is 3.30. The smallest absolute Gasteiger partial charge is 0.357 e. The van der Waals surface area contributed by atoms with Gasteiger partial charge in [0, 0.05) is 37.9 Å². The highest BCUT2D eigenvalue weighted by molar-refractivity contribution is 5.90. The Labute approximate surface area is 164 Å². The standard InChI is InChI=1S/C22H23N3O3/c1-16-6-7-18(17(2)12-16)14-24(3)21(26)15-28-22(27)20-13-19(8-9-23-20)25-10-4-5-11-25/h4-13H,14-15H2,1-3H3. The molecule has 0 unspecified atom stereocenters. The number of esters is 1. The Morgan fingerprint density at radius 3 is 2.57 bits per heavy atom. The number of carbonyl (C=O) groups excluding carboxylic acids is 2. The van der Waals surface area contributed by atoms with Gasteiger partial charge in [-0.1, -0.05) is 23.8 Å². The van der Waals surface area contributed by atoms with Crippen LogP contribution in [0.4, 0.5) is 0 Å². The van der Waals surface area contributed by atoms with Gasteiger partial charge in [-0.15, -0.1) is 0 Å². The number of aromatic nitrogens is 2. The topological polar surface area (TPSA) is 64.4 Å². The number of pyridine rings is 1. The summed E-state index contributed by atoms with van der Waals surface area (Å²) >= 11 is 0. The van der Waals surface area contributed by atoms with Crippen molar-refractivity contribution in [1.82, 2.24) is 14.5 Å². The van der Waals surface area contributed by atoms with Crippen LogP contribution in [0.1, 0.15) is 27.2 Å². The molecule has 6 nitrogen and oxygen atoms in total. The van der Waals surface area contributed by atoms with Crippen LogP contribution in [0, 0.1) is 13.8 Å². The van der Waals surface area contributed by atoms with Gasteiger partial charge in [-0.3, -0.25) is 4.79 Å². The zero-order valence-electron chi connectivity index (χ0n) is 16.3. The fourth-order valence-electron chi connectivity index (χ4n) is 2.88. The second-order valence-electron chi connectivity index (χ2n) is 6.75. The number of amides is 1. The first kappa shape index (κ1) is 19.4. The van der Waals surface area contributed by atoms with Crippen molar-refractivity contribution in [1.29, 1.82) is 0 Å². The molecule has 28 heavy (non-hydrogen) atoms. The Morgan fingerprint density at radius 2 is 1.86 bits per heavy atom. The highest BCUT2D eigenvalue weighted by Gasteiger charge is 2.16. The van der Waals surface area contributed by atoms with Crippen LogP contribution in [0.3, 0.4) is 0 Å². The average Bonchev–Trinajstić information content (AvgIpc) is 3.23. The van der Waals surface area contributed by atoms with E-state index in [9.17, 15) is 9.59 Å². The summed E-state index contributed by atoms with van der Waals surface area (Å²) in [6.07, 6.45) is 5.28. The van der Waals surface area contributed by atoms with E-state index in [1.165, 1.54) is 5.56 Å². The summed E-state index contributed by atoms with van der Waals surface area (Å²) in [4.78, 5) is 30.2. The molecule has 0 atom stereocenters. The molecule has 1 aromatic carbocycles. The number of hydrogen-bond donors (Lipinski definition) is 0. The van der Waals surface area contributed by atoms with Gasteiger partial charge < -0.3 is 14.2 Å². The Hall–Kier alpha value is -3.41. The van der Waals surface area contributed by atoms with Crippen molar-refractivity contribution in [3.05, 3.63) is 83.4 Å². The molecule has 6 heteroatoms. The van der Waals surface area contributed by atoms with E-state index in [0.717, 1.165) is 16.8 Å². The van der Waals surface area contributed by atoms with Crippen LogP contribution in [0.15, 0.2) is 61.1 Å². The summed E-state index contributed by atoms with van der Waals surface area (Å²) in [6, 6.07) is 13.3. The van der Waals surface area contributed by atoms with E-state index < -0.39 is 5.97 Å². The number of nitrogens with zero attached hydrogens (tertiary/aromatic N) is 3. The maximum atomic E-state index is 12.3. The minimum atomic E-state index is -0.623. The van der Waals surface area contributed by atoms with Gasteiger partial charge in [0.1, 0.15) is 5.69 Å². The first-order chi connectivity index (χ1) is 13.4. The van der Waals surface area contributed by atoms with Gasteiger partial charge in [0.2, 0.25) is 0 Å². The lowest BCUT2D eigenvalue weighted by Crippen LogP contribution is -2.31. The molecule has 0 aliphatic heterocycles. The number of hydrogen-bond acceptors (Lipinski definition) is 4. The molecule has 0 aliphatic carbocycles. The van der Waals surface area contributed by atoms with E-state index in [1.54, 1.807) is 30.3 Å². The highest BCUT2D eigenvalue weighted by Crippen LogP contribution is 2.13. The molecule has 2 aromatic heterocycles. The van der Waals surface area contributed by atoms with E-state index in [2.05, 4.69) is 11.1 Å². The van der Waals surface area contributed by atoms with Crippen LogP contribution in [0.2, 0.25) is 0 Å². The van der Waals surface area contributed by atoms with Crippen molar-refractivity contribution >= 4 is 11.9 Å². The molecule has 0 fully saturated rings. The fraction of sp³-hybridized carbons (Fsp3) is 0.227. The van der Waals surface area contributed by atoms with Crippen LogP contribution in [0.5, 0.6) is 0 Å². The van der Waals surface area contributed by atoms with Crippen molar-refractivity contribution in [2.45, 2.75) is 20.4 Å². The molecule has 0 N–H and O–H groups in total. The number of likely N-dealkylation sites (N-methyl/N-ethyl adjacent to an activating group) is 1. The molecule has 2 heterocycles. The van der Waals surface area contributed by atoms with Crippen LogP contribution in [-0.2, 0) is 16.1 Å². The van der Waals surface area contributed by atoms with Gasteiger partial charge >= 0.3 is 5.97 Å². The molecule has 0 saturated carbocycles. The van der Waals surface area contributed by atoms with Crippen LogP contribution in [-0.4, -0.2) is 40.0 Å². The largest absolute Gasteiger partial charge is 0.451 e. The summed E-state index contributed by atoms with van der Waals surface area (Å²) in [7, 11) is 1.69. The number of aryl methyl sites for hydroxylation is 2. The molecular weight excluding hydrogens is 354 g/mol. The van der Waals surface area contributed by atoms with Gasteiger partial charge in [0.05, 0.1) is 0 Å². The number of ether oxygens (including phenoxy) is 1. The normalized spacial score (nSPS) is 10.5. The van der Waals surface area contributed by atoms with E-state index in [4.69, 9.17) is 4.74 Å². The molecule has 0 aliphatic rings. The van der Waals surface area contributed by atoms with E-state index in [-0.39, 0.29) is 18.2 Å². The monoisotopic (exact) mass is 377 g/mol. The Morgan fingerprint density at radius 1 is 1.11 bits per heavy atom. The van der Waals surface area contributed by atoms with Crippen molar-refractivity contribution in [2.24, 2.45) is 0 Å². The molecule has 1 amide bonds. The van der Waals surface area contributed by atoms with Gasteiger partial charge in [-0.2, -0.15) is 0 Å². The first-order valence-electron chi connectivity index (χ1n) is 9.00. The summed E-state index contributed by atoms with van der Waals surface area (Å²) in [5, 5.41) is 0. The van der Waals surface area contributed by atoms with E-state index in [1.807, 2.05) is 55.1 Å². The van der Waals surface area contributed by atoms with Crippen molar-refractivity contribution in [3.8, 4) is 5.69 Å². The first-order valence-corrected chi connectivity index (χ1v) is 9.00. The molecule has 3 rings (SSSR count). The third kappa shape index (κ3) is 4.65.